The molecule has 84 valence electrons. The number of nitrogens with two attached hydrogens (primary N) is 1. The molecular weight excluding hydrogens is 333 g/mol. The van der Waals surface area contributed by atoms with E-state index in [2.05, 4.69) is 39.8 Å². The molecular formula is C11H12IN3S. The Hall–Kier alpha value is -0.820. The van der Waals surface area contributed by atoms with Crippen LogP contribution in [0.5, 0.6) is 0 Å². The molecule has 0 aliphatic rings. The van der Waals surface area contributed by atoms with Gasteiger partial charge in [0.2, 0.25) is 0 Å². The van der Waals surface area contributed by atoms with E-state index in [1.165, 1.54) is 0 Å². The number of nitrogens with zero attached hydrogens (tertiary/aromatic N) is 1. The van der Waals surface area contributed by atoms with Crippen molar-refractivity contribution >= 4 is 45.3 Å². The number of aromatic nitrogens is 1. The summed E-state index contributed by atoms with van der Waals surface area (Å²) >= 11 is 3.94. The van der Waals surface area contributed by atoms with E-state index in [9.17, 15) is 0 Å². The Bertz CT molecular complexity index is 470. The first-order valence-electron chi connectivity index (χ1n) is 4.88. The summed E-state index contributed by atoms with van der Waals surface area (Å²) in [5.41, 5.74) is 7.59. The molecule has 3 N–H and O–H groups in total. The quantitative estimate of drug-likeness (QED) is 0.661. The van der Waals surface area contributed by atoms with Gasteiger partial charge in [-0.2, -0.15) is 0 Å². The molecule has 0 amide bonds. The minimum Gasteiger partial charge on any atom is -0.399 e. The molecule has 1 aromatic heterocycles. The Morgan fingerprint density at radius 1 is 1.50 bits per heavy atom. The number of anilines is 2. The van der Waals surface area contributed by atoms with Gasteiger partial charge in [-0.05, 0) is 47.7 Å². The Labute approximate surface area is 112 Å². The van der Waals surface area contributed by atoms with E-state index < -0.39 is 0 Å². The third-order valence-corrected chi connectivity index (χ3v) is 4.04. The first kappa shape index (κ1) is 11.7. The summed E-state index contributed by atoms with van der Waals surface area (Å²) in [5, 5.41) is 6.50. The number of nitrogens with one attached hydrogen (secondary N) is 1. The molecule has 0 saturated heterocycles. The molecule has 5 heteroatoms. The lowest BCUT2D eigenvalue weighted by Gasteiger charge is -2.14. The highest BCUT2D eigenvalue weighted by Crippen LogP contribution is 2.26. The maximum absolute atomic E-state index is 5.71. The summed E-state index contributed by atoms with van der Waals surface area (Å²) in [7, 11) is 0. The second-order valence-electron chi connectivity index (χ2n) is 3.48. The Morgan fingerprint density at radius 2 is 2.31 bits per heavy atom. The van der Waals surface area contributed by atoms with Gasteiger partial charge < -0.3 is 11.1 Å². The van der Waals surface area contributed by atoms with Crippen LogP contribution in [0.4, 0.5) is 11.4 Å². The van der Waals surface area contributed by atoms with Crippen molar-refractivity contribution in [3.8, 4) is 0 Å². The lowest BCUT2D eigenvalue weighted by molar-refractivity contribution is 0.869. The number of benzene rings is 1. The third-order valence-electron chi connectivity index (χ3n) is 2.19. The number of hydrogen-bond acceptors (Lipinski definition) is 4. The fourth-order valence-corrected chi connectivity index (χ4v) is 2.73. The first-order valence-corrected chi connectivity index (χ1v) is 6.83. The molecule has 0 fully saturated rings. The molecule has 2 rings (SSSR count). The largest absolute Gasteiger partial charge is 0.399 e. The van der Waals surface area contributed by atoms with Gasteiger partial charge in [-0.25, -0.2) is 4.98 Å². The van der Waals surface area contributed by atoms with E-state index in [4.69, 9.17) is 5.73 Å². The van der Waals surface area contributed by atoms with Crippen LogP contribution in [0.15, 0.2) is 29.8 Å². The zero-order chi connectivity index (χ0) is 11.5. The van der Waals surface area contributed by atoms with Crippen molar-refractivity contribution in [3.05, 3.63) is 38.4 Å². The van der Waals surface area contributed by atoms with Gasteiger partial charge in [0.05, 0.1) is 6.04 Å². The third kappa shape index (κ3) is 2.65. The van der Waals surface area contributed by atoms with Gasteiger partial charge in [-0.1, -0.05) is 0 Å². The second-order valence-corrected chi connectivity index (χ2v) is 5.56. The predicted molar refractivity (Wildman–Crippen MR) is 77.7 cm³/mol. The molecule has 1 heterocycles. The van der Waals surface area contributed by atoms with Crippen LogP contribution in [-0.2, 0) is 0 Å². The fraction of sp³-hybridized carbons (Fsp3) is 0.182. The Kier molecular flexibility index (Phi) is 3.65. The monoisotopic (exact) mass is 345 g/mol. The highest BCUT2D eigenvalue weighted by molar-refractivity contribution is 14.1. The van der Waals surface area contributed by atoms with Crippen molar-refractivity contribution in [3.63, 3.8) is 0 Å². The van der Waals surface area contributed by atoms with Crippen LogP contribution >= 0.6 is 33.9 Å². The van der Waals surface area contributed by atoms with Crippen molar-refractivity contribution in [2.45, 2.75) is 13.0 Å². The fourth-order valence-electron chi connectivity index (χ4n) is 1.39. The van der Waals surface area contributed by atoms with Gasteiger partial charge in [0.15, 0.2) is 0 Å². The van der Waals surface area contributed by atoms with Crippen LogP contribution < -0.4 is 11.1 Å². The van der Waals surface area contributed by atoms with E-state index >= 15 is 0 Å². The van der Waals surface area contributed by atoms with Crippen LogP contribution in [0, 0.1) is 3.57 Å². The lowest BCUT2D eigenvalue weighted by atomic mass is 10.2. The molecule has 0 saturated carbocycles. The number of rotatable bonds is 3. The Morgan fingerprint density at radius 3 is 2.94 bits per heavy atom. The van der Waals surface area contributed by atoms with Crippen molar-refractivity contribution in [2.75, 3.05) is 11.1 Å². The molecule has 1 unspecified atom stereocenters. The molecule has 1 aromatic carbocycles. The van der Waals surface area contributed by atoms with Crippen molar-refractivity contribution in [1.29, 1.82) is 0 Å². The number of halogens is 1. The van der Waals surface area contributed by atoms with Crippen LogP contribution in [0.1, 0.15) is 18.0 Å². The van der Waals surface area contributed by atoms with Gasteiger partial charge in [-0.3, -0.25) is 0 Å². The molecule has 0 radical (unpaired) electrons. The minimum absolute atomic E-state index is 0.220. The van der Waals surface area contributed by atoms with Gasteiger partial charge >= 0.3 is 0 Å². The summed E-state index contributed by atoms with van der Waals surface area (Å²) in [6.45, 7) is 2.10. The van der Waals surface area contributed by atoms with E-state index in [0.29, 0.717) is 0 Å². The maximum atomic E-state index is 5.71. The van der Waals surface area contributed by atoms with Crippen LogP contribution in [0.25, 0.3) is 0 Å². The van der Waals surface area contributed by atoms with E-state index in [1.807, 2.05) is 29.8 Å². The van der Waals surface area contributed by atoms with Crippen LogP contribution in [0.3, 0.4) is 0 Å². The van der Waals surface area contributed by atoms with E-state index in [1.54, 1.807) is 11.3 Å². The van der Waals surface area contributed by atoms with Crippen molar-refractivity contribution in [1.82, 2.24) is 4.98 Å². The highest BCUT2D eigenvalue weighted by atomic mass is 127. The summed E-state index contributed by atoms with van der Waals surface area (Å²) in [6.07, 6.45) is 1.83. The van der Waals surface area contributed by atoms with Gasteiger partial charge in [-0.15, -0.1) is 11.3 Å². The Balaban J connectivity index is 2.15. The van der Waals surface area contributed by atoms with Gasteiger partial charge in [0.1, 0.15) is 5.01 Å². The zero-order valence-electron chi connectivity index (χ0n) is 8.77. The standard InChI is InChI=1S/C11H12IN3S/c1-7(11-14-4-5-16-11)15-10-3-2-8(13)6-9(10)12/h2-7,15H,13H2,1H3. The lowest BCUT2D eigenvalue weighted by Crippen LogP contribution is -2.07. The maximum Gasteiger partial charge on any atom is 0.115 e. The number of thiazole rings is 1. The van der Waals surface area contributed by atoms with Gasteiger partial charge in [0.25, 0.3) is 0 Å². The normalized spacial score (nSPS) is 12.4. The summed E-state index contributed by atoms with van der Waals surface area (Å²) in [6, 6.07) is 6.08. The molecule has 0 aliphatic carbocycles. The topological polar surface area (TPSA) is 50.9 Å². The van der Waals surface area contributed by atoms with Gasteiger partial charge in [0, 0.05) is 26.5 Å². The molecule has 0 bridgehead atoms. The SMILES string of the molecule is CC(Nc1ccc(N)cc1I)c1nccs1. The average Bonchev–Trinajstić information content (AvgIpc) is 2.75. The number of nitrogen functional groups attached to an aromatic ring is 1. The van der Waals surface area contributed by atoms with Crippen LogP contribution in [0.2, 0.25) is 0 Å². The second kappa shape index (κ2) is 5.01. The highest BCUT2D eigenvalue weighted by Gasteiger charge is 2.09. The summed E-state index contributed by atoms with van der Waals surface area (Å²) in [5.74, 6) is 0. The summed E-state index contributed by atoms with van der Waals surface area (Å²) in [4.78, 5) is 4.29. The van der Waals surface area contributed by atoms with Crippen molar-refractivity contribution in [2.24, 2.45) is 0 Å². The smallest absolute Gasteiger partial charge is 0.115 e. The zero-order valence-corrected chi connectivity index (χ0v) is 11.7. The molecule has 0 aliphatic heterocycles. The number of hydrogen-bond donors (Lipinski definition) is 2. The predicted octanol–water partition coefficient (Wildman–Crippen LogP) is 3.50. The molecule has 16 heavy (non-hydrogen) atoms. The van der Waals surface area contributed by atoms with Crippen LogP contribution in [-0.4, -0.2) is 4.98 Å². The first-order chi connectivity index (χ1) is 7.66. The van der Waals surface area contributed by atoms with E-state index in [0.717, 1.165) is 20.0 Å². The molecule has 3 nitrogen and oxygen atoms in total. The molecule has 1 atom stereocenters. The van der Waals surface area contributed by atoms with E-state index in [-0.39, 0.29) is 6.04 Å². The summed E-state index contributed by atoms with van der Waals surface area (Å²) < 4.78 is 1.13. The van der Waals surface area contributed by atoms with Crippen molar-refractivity contribution < 1.29 is 0 Å². The minimum atomic E-state index is 0.220. The molecule has 2 aromatic rings. The average molecular weight is 345 g/mol. The molecule has 0 spiro atoms.